The molecule has 1 aliphatic heterocycles. The highest BCUT2D eigenvalue weighted by Gasteiger charge is 2.42. The molecule has 6 rings (SSSR count). The summed E-state index contributed by atoms with van der Waals surface area (Å²) in [6.07, 6.45) is -3.75. The molecule has 0 atom stereocenters. The number of nitrogens with one attached hydrogen (secondary N) is 1. The minimum atomic E-state index is -4.85. The highest BCUT2D eigenvalue weighted by atomic mass is 32.1. The zero-order valence-electron chi connectivity index (χ0n) is 24.3. The van der Waals surface area contributed by atoms with E-state index in [2.05, 4.69) is 27.4 Å². The van der Waals surface area contributed by atoms with E-state index in [-0.39, 0.29) is 18.3 Å². The lowest BCUT2D eigenvalue weighted by Crippen LogP contribution is -2.33. The van der Waals surface area contributed by atoms with E-state index in [4.69, 9.17) is 4.42 Å². The van der Waals surface area contributed by atoms with Gasteiger partial charge in [0.25, 0.3) is 11.9 Å². The first-order chi connectivity index (χ1) is 21.7. The lowest BCUT2D eigenvalue weighted by Gasteiger charge is -2.31. The number of aryl methyl sites for hydroxylation is 1. The number of anilines is 2. The van der Waals surface area contributed by atoms with Crippen molar-refractivity contribution in [2.75, 3.05) is 23.3 Å². The Kier molecular flexibility index (Phi) is 8.53. The monoisotopic (exact) mass is 630 g/mol. The van der Waals surface area contributed by atoms with Crippen molar-refractivity contribution >= 4 is 34.7 Å². The number of ketones is 1. The fourth-order valence-electron chi connectivity index (χ4n) is 5.40. The van der Waals surface area contributed by atoms with Crippen molar-refractivity contribution in [2.45, 2.75) is 38.3 Å². The van der Waals surface area contributed by atoms with Gasteiger partial charge in [0.05, 0.1) is 12.1 Å². The molecule has 3 aromatic carbocycles. The minimum absolute atomic E-state index is 0.191. The Morgan fingerprint density at radius 2 is 1.64 bits per heavy atom. The summed E-state index contributed by atoms with van der Waals surface area (Å²) in [7, 11) is 0. The Balaban J connectivity index is 1.12. The molecule has 1 saturated heterocycles. The van der Waals surface area contributed by atoms with E-state index in [1.807, 2.05) is 49.4 Å². The maximum atomic E-state index is 13.9. The Labute approximate surface area is 261 Å². The van der Waals surface area contributed by atoms with Crippen LogP contribution in [0.2, 0.25) is 0 Å². The molecule has 2 aromatic heterocycles. The first kappa shape index (κ1) is 30.3. The van der Waals surface area contributed by atoms with Crippen LogP contribution in [0.5, 0.6) is 0 Å². The number of carbonyl (C=O) groups is 2. The van der Waals surface area contributed by atoms with Gasteiger partial charge in [0.15, 0.2) is 5.69 Å². The van der Waals surface area contributed by atoms with Crippen LogP contribution in [-0.4, -0.2) is 34.7 Å². The summed E-state index contributed by atoms with van der Waals surface area (Å²) < 4.78 is 47.3. The molecule has 11 heteroatoms. The topological polar surface area (TPSA) is 88.3 Å². The van der Waals surface area contributed by atoms with Gasteiger partial charge in [0.2, 0.25) is 11.5 Å². The maximum Gasteiger partial charge on any atom is 0.437 e. The lowest BCUT2D eigenvalue weighted by atomic mass is 9.90. The van der Waals surface area contributed by atoms with Gasteiger partial charge < -0.3 is 14.6 Å². The van der Waals surface area contributed by atoms with E-state index >= 15 is 0 Å². The molecule has 0 radical (unpaired) electrons. The number of carbonyl (C=O) groups excluding carboxylic acids is 2. The van der Waals surface area contributed by atoms with Crippen LogP contribution in [-0.2, 0) is 12.6 Å². The normalized spacial score (nSPS) is 14.0. The highest BCUT2D eigenvalue weighted by molar-refractivity contribution is 7.10. The molecule has 230 valence electrons. The number of halogens is 3. The summed E-state index contributed by atoms with van der Waals surface area (Å²) in [6.45, 7) is 2.84. The quantitative estimate of drug-likeness (QED) is 0.174. The third-order valence-corrected chi connectivity index (χ3v) is 8.72. The number of piperidine rings is 1. The summed E-state index contributed by atoms with van der Waals surface area (Å²) in [6, 6.07) is 24.1. The zero-order chi connectivity index (χ0) is 31.6. The number of alkyl halides is 3. The van der Waals surface area contributed by atoms with Crippen LogP contribution in [0.3, 0.4) is 0 Å². The fourth-order valence-corrected chi connectivity index (χ4v) is 6.20. The van der Waals surface area contributed by atoms with Crippen LogP contribution >= 0.6 is 11.3 Å². The van der Waals surface area contributed by atoms with Crippen molar-refractivity contribution in [1.82, 2.24) is 9.97 Å². The second kappa shape index (κ2) is 12.7. The van der Waals surface area contributed by atoms with E-state index in [9.17, 15) is 22.8 Å². The van der Waals surface area contributed by atoms with Crippen molar-refractivity contribution in [3.8, 4) is 11.3 Å². The summed E-state index contributed by atoms with van der Waals surface area (Å²) in [5.41, 5.74) is 3.25. The lowest BCUT2D eigenvalue weighted by molar-refractivity contribution is -0.141. The van der Waals surface area contributed by atoms with Crippen LogP contribution < -0.4 is 10.2 Å². The molecule has 0 saturated carbocycles. The number of para-hydroxylation sites is 1. The van der Waals surface area contributed by atoms with Crippen molar-refractivity contribution < 1.29 is 27.2 Å². The number of thiazole rings is 1. The van der Waals surface area contributed by atoms with Gasteiger partial charge >= 0.3 is 6.18 Å². The van der Waals surface area contributed by atoms with E-state index in [1.54, 1.807) is 34.5 Å². The molecule has 1 N–H and O–H groups in total. The summed E-state index contributed by atoms with van der Waals surface area (Å²) in [4.78, 5) is 35.7. The summed E-state index contributed by atoms with van der Waals surface area (Å²) in [5.74, 6) is -1.60. The second-order valence-corrected chi connectivity index (χ2v) is 11.9. The Bertz CT molecular complexity index is 1810. The SMILES string of the molecule is Cc1ccccc1NC(=O)c1ccc(-c2csc(CC(=O)c3oc(N4CCC(c5ccccc5)CC4)nc3C(F)(F)F)n2)cc1. The molecule has 0 aliphatic carbocycles. The molecule has 1 aliphatic rings. The number of benzene rings is 3. The molecule has 0 spiro atoms. The largest absolute Gasteiger partial charge is 0.437 e. The summed E-state index contributed by atoms with van der Waals surface area (Å²) in [5, 5.41) is 4.95. The number of hydrogen-bond acceptors (Lipinski definition) is 7. The van der Waals surface area contributed by atoms with Gasteiger partial charge in [-0.15, -0.1) is 11.3 Å². The number of nitrogens with zero attached hydrogens (tertiary/aromatic N) is 3. The van der Waals surface area contributed by atoms with E-state index in [0.29, 0.717) is 40.8 Å². The van der Waals surface area contributed by atoms with Gasteiger partial charge in [-0.2, -0.15) is 18.2 Å². The molecule has 1 amide bonds. The Morgan fingerprint density at radius 3 is 2.33 bits per heavy atom. The number of aromatic nitrogens is 2. The van der Waals surface area contributed by atoms with Crippen LogP contribution in [0, 0.1) is 6.92 Å². The number of oxazole rings is 1. The molecule has 0 bridgehead atoms. The number of amides is 1. The predicted octanol–water partition coefficient (Wildman–Crippen LogP) is 8.19. The van der Waals surface area contributed by atoms with Crippen molar-refractivity contribution in [2.24, 2.45) is 0 Å². The first-order valence-electron chi connectivity index (χ1n) is 14.5. The third-order valence-electron chi connectivity index (χ3n) is 7.87. The van der Waals surface area contributed by atoms with Gasteiger partial charge in [-0.25, -0.2) is 4.98 Å². The van der Waals surface area contributed by atoms with Crippen molar-refractivity contribution in [1.29, 1.82) is 0 Å². The van der Waals surface area contributed by atoms with Gasteiger partial charge in [0, 0.05) is 35.3 Å². The number of Topliss-reactive ketones (excluding diaryl/α,β-unsaturated/α-hetero) is 1. The van der Waals surface area contributed by atoms with Crippen molar-refractivity contribution in [3.63, 3.8) is 0 Å². The van der Waals surface area contributed by atoms with Crippen LogP contribution in [0.4, 0.5) is 24.9 Å². The van der Waals surface area contributed by atoms with E-state index < -0.39 is 23.4 Å². The van der Waals surface area contributed by atoms with Gasteiger partial charge in [-0.1, -0.05) is 60.7 Å². The van der Waals surface area contributed by atoms with Gasteiger partial charge in [-0.05, 0) is 55.0 Å². The predicted molar refractivity (Wildman–Crippen MR) is 167 cm³/mol. The molecule has 3 heterocycles. The van der Waals surface area contributed by atoms with Gasteiger partial charge in [0.1, 0.15) is 5.01 Å². The molecule has 1 fully saturated rings. The molecular formula is C34H29F3N4O3S. The fraction of sp³-hybridized carbons (Fsp3) is 0.235. The standard InChI is InChI=1S/C34H29F3N4O3S/c1-21-7-5-6-10-26(21)39-32(43)25-13-11-24(12-14-25)27-20-45-29(38-27)19-28(42)30-31(34(35,36)37)40-33(44-30)41-17-15-23(16-18-41)22-8-3-2-4-9-22/h2-14,20,23H,15-19H2,1H3,(H,39,43). The molecule has 7 nitrogen and oxygen atoms in total. The zero-order valence-corrected chi connectivity index (χ0v) is 25.1. The molecule has 45 heavy (non-hydrogen) atoms. The molecular weight excluding hydrogens is 601 g/mol. The average molecular weight is 631 g/mol. The Morgan fingerprint density at radius 1 is 0.956 bits per heavy atom. The Hall–Kier alpha value is -4.77. The second-order valence-electron chi connectivity index (χ2n) is 10.9. The summed E-state index contributed by atoms with van der Waals surface area (Å²) >= 11 is 1.16. The smallest absolute Gasteiger partial charge is 0.420 e. The first-order valence-corrected chi connectivity index (χ1v) is 15.4. The van der Waals surface area contributed by atoms with E-state index in [1.165, 1.54) is 5.56 Å². The number of rotatable bonds is 8. The van der Waals surface area contributed by atoms with E-state index in [0.717, 1.165) is 35.4 Å². The minimum Gasteiger partial charge on any atom is -0.420 e. The van der Waals surface area contributed by atoms with Crippen LogP contribution in [0.25, 0.3) is 11.3 Å². The van der Waals surface area contributed by atoms with Gasteiger partial charge in [-0.3, -0.25) is 9.59 Å². The van der Waals surface area contributed by atoms with Crippen molar-refractivity contribution in [3.05, 3.63) is 117 Å². The third kappa shape index (κ3) is 6.83. The van der Waals surface area contributed by atoms with Crippen LogP contribution in [0.1, 0.15) is 61.5 Å². The highest BCUT2D eigenvalue weighted by Crippen LogP contribution is 2.37. The molecule has 0 unspecified atom stereocenters. The maximum absolute atomic E-state index is 13.9. The number of hydrogen-bond donors (Lipinski definition) is 1. The van der Waals surface area contributed by atoms with Crippen LogP contribution in [0.15, 0.2) is 88.7 Å². The average Bonchev–Trinajstić information content (AvgIpc) is 3.71. The molecule has 5 aromatic rings.